The van der Waals surface area contributed by atoms with Gasteiger partial charge in [0.15, 0.2) is 0 Å². The zero-order valence-corrected chi connectivity index (χ0v) is 13.5. The zero-order valence-electron chi connectivity index (χ0n) is 13.5. The first kappa shape index (κ1) is 15.3. The minimum Gasteiger partial charge on any atom is -0.311 e. The Balaban J connectivity index is 2.06. The Morgan fingerprint density at radius 1 is 1.16 bits per heavy atom. The summed E-state index contributed by atoms with van der Waals surface area (Å²) >= 11 is 0. The van der Waals surface area contributed by atoms with E-state index in [1.54, 1.807) is 0 Å². The SMILES string of the molecule is CCC(CC)CN1CC(C(C)C)NCC12CCCC2. The number of hydrogen-bond acceptors (Lipinski definition) is 2. The molecule has 2 rings (SSSR count). The summed E-state index contributed by atoms with van der Waals surface area (Å²) in [6, 6.07) is 0.695. The van der Waals surface area contributed by atoms with Gasteiger partial charge in [0.2, 0.25) is 0 Å². The third kappa shape index (κ3) is 3.33. The average molecular weight is 266 g/mol. The maximum absolute atomic E-state index is 3.85. The van der Waals surface area contributed by atoms with E-state index < -0.39 is 0 Å². The second kappa shape index (κ2) is 6.58. The van der Waals surface area contributed by atoms with E-state index in [4.69, 9.17) is 0 Å². The Labute approximate surface area is 120 Å². The summed E-state index contributed by atoms with van der Waals surface area (Å²) in [7, 11) is 0. The Kier molecular flexibility index (Phi) is 5.30. The van der Waals surface area contributed by atoms with Crippen molar-refractivity contribution in [3.05, 3.63) is 0 Å². The highest BCUT2D eigenvalue weighted by atomic mass is 15.3. The van der Waals surface area contributed by atoms with Gasteiger partial charge in [-0.05, 0) is 24.7 Å². The third-order valence-electron chi connectivity index (χ3n) is 5.75. The summed E-state index contributed by atoms with van der Waals surface area (Å²) < 4.78 is 0. The van der Waals surface area contributed by atoms with Crippen molar-refractivity contribution in [2.75, 3.05) is 19.6 Å². The van der Waals surface area contributed by atoms with E-state index >= 15 is 0 Å². The van der Waals surface area contributed by atoms with Crippen LogP contribution in [0, 0.1) is 11.8 Å². The monoisotopic (exact) mass is 266 g/mol. The lowest BCUT2D eigenvalue weighted by molar-refractivity contribution is 0.0192. The fourth-order valence-electron chi connectivity index (χ4n) is 4.03. The molecule has 2 heteroatoms. The summed E-state index contributed by atoms with van der Waals surface area (Å²) in [5.41, 5.74) is 0.508. The van der Waals surface area contributed by atoms with Gasteiger partial charge in [0.05, 0.1) is 0 Å². The highest BCUT2D eigenvalue weighted by Crippen LogP contribution is 2.38. The van der Waals surface area contributed by atoms with Crippen molar-refractivity contribution in [3.63, 3.8) is 0 Å². The molecule has 1 saturated carbocycles. The molecule has 0 aromatic carbocycles. The van der Waals surface area contributed by atoms with Crippen molar-refractivity contribution in [2.24, 2.45) is 11.8 Å². The molecule has 1 atom stereocenters. The molecule has 2 fully saturated rings. The van der Waals surface area contributed by atoms with Crippen molar-refractivity contribution in [1.82, 2.24) is 10.2 Å². The third-order valence-corrected chi connectivity index (χ3v) is 5.75. The molecule has 0 bridgehead atoms. The van der Waals surface area contributed by atoms with Crippen LogP contribution >= 0.6 is 0 Å². The first-order valence-electron chi connectivity index (χ1n) is 8.59. The van der Waals surface area contributed by atoms with Gasteiger partial charge < -0.3 is 5.32 Å². The van der Waals surface area contributed by atoms with Crippen LogP contribution in [0.4, 0.5) is 0 Å². The molecule has 1 heterocycles. The average Bonchev–Trinajstić information content (AvgIpc) is 2.87. The summed E-state index contributed by atoms with van der Waals surface area (Å²) in [4.78, 5) is 2.89. The van der Waals surface area contributed by atoms with E-state index in [0.717, 1.165) is 11.8 Å². The summed E-state index contributed by atoms with van der Waals surface area (Å²) in [6.45, 7) is 13.3. The van der Waals surface area contributed by atoms with Crippen LogP contribution in [0.1, 0.15) is 66.2 Å². The molecule has 0 amide bonds. The van der Waals surface area contributed by atoms with Crippen molar-refractivity contribution >= 4 is 0 Å². The molecule has 2 nitrogen and oxygen atoms in total. The Morgan fingerprint density at radius 2 is 1.79 bits per heavy atom. The maximum Gasteiger partial charge on any atom is 0.0334 e. The van der Waals surface area contributed by atoms with E-state index in [2.05, 4.69) is 37.9 Å². The molecular weight excluding hydrogens is 232 g/mol. The molecule has 1 saturated heterocycles. The van der Waals surface area contributed by atoms with E-state index in [9.17, 15) is 0 Å². The number of rotatable bonds is 5. The normalized spacial score (nSPS) is 27.8. The second-order valence-corrected chi connectivity index (χ2v) is 7.25. The minimum absolute atomic E-state index is 0.508. The quantitative estimate of drug-likeness (QED) is 0.817. The standard InChI is InChI=1S/C17H34N2/c1-5-15(6-2)11-19-12-16(14(3)4)18-13-17(19)9-7-8-10-17/h14-16,18H,5-13H2,1-4H3. The topological polar surface area (TPSA) is 15.3 Å². The first-order valence-corrected chi connectivity index (χ1v) is 8.59. The zero-order chi connectivity index (χ0) is 13.9. The predicted octanol–water partition coefficient (Wildman–Crippen LogP) is 3.67. The van der Waals surface area contributed by atoms with Gasteiger partial charge in [0.25, 0.3) is 0 Å². The molecule has 0 aromatic heterocycles. The molecule has 0 aromatic rings. The van der Waals surface area contributed by atoms with Gasteiger partial charge >= 0.3 is 0 Å². The lowest BCUT2D eigenvalue weighted by Crippen LogP contribution is -2.65. The molecule has 0 radical (unpaired) electrons. The summed E-state index contributed by atoms with van der Waals surface area (Å²) in [6.07, 6.45) is 8.39. The van der Waals surface area contributed by atoms with Crippen molar-refractivity contribution in [2.45, 2.75) is 77.8 Å². The molecular formula is C17H34N2. The predicted molar refractivity (Wildman–Crippen MR) is 83.5 cm³/mol. The van der Waals surface area contributed by atoms with Crippen molar-refractivity contribution in [3.8, 4) is 0 Å². The van der Waals surface area contributed by atoms with Crippen molar-refractivity contribution in [1.29, 1.82) is 0 Å². The molecule has 112 valence electrons. The van der Waals surface area contributed by atoms with Gasteiger partial charge in [-0.2, -0.15) is 0 Å². The van der Waals surface area contributed by atoms with Gasteiger partial charge in [-0.25, -0.2) is 0 Å². The van der Waals surface area contributed by atoms with Crippen LogP contribution in [0.3, 0.4) is 0 Å². The molecule has 1 unspecified atom stereocenters. The molecule has 1 spiro atoms. The lowest BCUT2D eigenvalue weighted by atomic mass is 9.86. The number of piperazine rings is 1. The first-order chi connectivity index (χ1) is 9.11. The highest BCUT2D eigenvalue weighted by molar-refractivity contribution is 5.02. The fraction of sp³-hybridized carbons (Fsp3) is 1.00. The van der Waals surface area contributed by atoms with Crippen LogP contribution in [-0.2, 0) is 0 Å². The Morgan fingerprint density at radius 3 is 2.32 bits per heavy atom. The molecule has 1 aliphatic carbocycles. The van der Waals surface area contributed by atoms with Crippen LogP contribution in [0.15, 0.2) is 0 Å². The highest BCUT2D eigenvalue weighted by Gasteiger charge is 2.44. The van der Waals surface area contributed by atoms with Crippen LogP contribution in [0.25, 0.3) is 0 Å². The summed E-state index contributed by atoms with van der Waals surface area (Å²) in [5, 5.41) is 3.85. The molecule has 19 heavy (non-hydrogen) atoms. The van der Waals surface area contributed by atoms with Crippen molar-refractivity contribution < 1.29 is 0 Å². The van der Waals surface area contributed by atoms with Gasteiger partial charge in [-0.15, -0.1) is 0 Å². The smallest absolute Gasteiger partial charge is 0.0334 e. The van der Waals surface area contributed by atoms with E-state index in [-0.39, 0.29) is 0 Å². The van der Waals surface area contributed by atoms with E-state index in [1.807, 2.05) is 0 Å². The Hall–Kier alpha value is -0.0800. The lowest BCUT2D eigenvalue weighted by Gasteiger charge is -2.50. The number of hydrogen-bond donors (Lipinski definition) is 1. The minimum atomic E-state index is 0.508. The van der Waals surface area contributed by atoms with Crippen LogP contribution in [0.2, 0.25) is 0 Å². The van der Waals surface area contributed by atoms with Crippen LogP contribution in [0.5, 0.6) is 0 Å². The van der Waals surface area contributed by atoms with Gasteiger partial charge in [-0.3, -0.25) is 4.90 Å². The van der Waals surface area contributed by atoms with Gasteiger partial charge in [0.1, 0.15) is 0 Å². The largest absolute Gasteiger partial charge is 0.311 e. The molecule has 2 aliphatic rings. The molecule has 1 aliphatic heterocycles. The summed E-state index contributed by atoms with van der Waals surface area (Å²) in [5.74, 6) is 1.64. The second-order valence-electron chi connectivity index (χ2n) is 7.25. The van der Waals surface area contributed by atoms with Gasteiger partial charge in [0, 0.05) is 31.2 Å². The van der Waals surface area contributed by atoms with E-state index in [0.29, 0.717) is 11.6 Å². The fourth-order valence-corrected chi connectivity index (χ4v) is 4.03. The van der Waals surface area contributed by atoms with Crippen LogP contribution in [-0.4, -0.2) is 36.1 Å². The number of nitrogens with one attached hydrogen (secondary N) is 1. The van der Waals surface area contributed by atoms with Crippen LogP contribution < -0.4 is 5.32 Å². The van der Waals surface area contributed by atoms with Gasteiger partial charge in [-0.1, -0.05) is 53.4 Å². The maximum atomic E-state index is 3.85. The molecule has 1 N–H and O–H groups in total. The number of nitrogens with zero attached hydrogens (tertiary/aromatic N) is 1. The Bertz CT molecular complexity index is 262. The van der Waals surface area contributed by atoms with E-state index in [1.165, 1.54) is 58.2 Å².